The average molecular weight is 543 g/mol. The second kappa shape index (κ2) is 12.3. The van der Waals surface area contributed by atoms with Crippen molar-refractivity contribution in [1.82, 2.24) is 0 Å². The molecule has 0 aliphatic rings. The summed E-state index contributed by atoms with van der Waals surface area (Å²) in [4.78, 5) is 12.7. The Morgan fingerprint density at radius 3 is 2.21 bits per heavy atom. The Bertz CT molecular complexity index is 1580. The maximum absolute atomic E-state index is 15.2. The quantitative estimate of drug-likeness (QED) is 0.108. The second-order valence-electron chi connectivity index (χ2n) is 9.17. The van der Waals surface area contributed by atoms with Crippen molar-refractivity contribution in [2.75, 3.05) is 6.61 Å². The fourth-order valence-electron chi connectivity index (χ4n) is 4.37. The van der Waals surface area contributed by atoms with Crippen LogP contribution in [-0.4, -0.2) is 6.61 Å². The van der Waals surface area contributed by atoms with Gasteiger partial charge in [-0.25, -0.2) is 26.7 Å². The van der Waals surface area contributed by atoms with Crippen LogP contribution in [0.5, 0.6) is 5.75 Å². The first-order valence-electron chi connectivity index (χ1n) is 12.7. The lowest BCUT2D eigenvalue weighted by molar-refractivity contribution is 0.291. The molecule has 0 unspecified atom stereocenters. The van der Waals surface area contributed by atoms with Crippen LogP contribution < -0.4 is 10.4 Å². The van der Waals surface area contributed by atoms with Gasteiger partial charge in [0, 0.05) is 11.1 Å². The molecular weight excluding hydrogens is 515 g/mol. The van der Waals surface area contributed by atoms with Gasteiger partial charge in [-0.1, -0.05) is 56.5 Å². The molecule has 0 saturated heterocycles. The molecule has 0 N–H and O–H groups in total. The average Bonchev–Trinajstić information content (AvgIpc) is 2.92. The molecule has 0 amide bonds. The number of fused-ring (bicyclic) bond motifs is 1. The van der Waals surface area contributed by atoms with Crippen LogP contribution in [0.25, 0.3) is 33.2 Å². The molecule has 1 aromatic heterocycles. The molecule has 39 heavy (non-hydrogen) atoms. The van der Waals surface area contributed by atoms with E-state index in [1.54, 1.807) is 6.08 Å². The normalized spacial score (nSPS) is 11.2. The Morgan fingerprint density at radius 2 is 1.49 bits per heavy atom. The molecule has 0 aliphatic heterocycles. The van der Waals surface area contributed by atoms with Crippen LogP contribution in [0.2, 0.25) is 0 Å². The Labute approximate surface area is 222 Å². The summed E-state index contributed by atoms with van der Waals surface area (Å²) in [5.41, 5.74) is -2.40. The van der Waals surface area contributed by atoms with Crippen LogP contribution in [0.4, 0.5) is 22.0 Å². The summed E-state index contributed by atoms with van der Waals surface area (Å²) >= 11 is 0. The first-order valence-corrected chi connectivity index (χ1v) is 12.7. The summed E-state index contributed by atoms with van der Waals surface area (Å²) in [5.74, 6) is -6.70. The molecular formula is C31H27F5O3. The first-order chi connectivity index (χ1) is 18.8. The number of aryl methyl sites for hydroxylation is 1. The topological polar surface area (TPSA) is 39.4 Å². The molecule has 0 aliphatic carbocycles. The third-order valence-corrected chi connectivity index (χ3v) is 6.51. The van der Waals surface area contributed by atoms with Crippen molar-refractivity contribution in [3.63, 3.8) is 0 Å². The zero-order chi connectivity index (χ0) is 28.1. The molecule has 3 aromatic carbocycles. The predicted molar refractivity (Wildman–Crippen MR) is 141 cm³/mol. The summed E-state index contributed by atoms with van der Waals surface area (Å²) in [7, 11) is 0. The summed E-state index contributed by atoms with van der Waals surface area (Å²) < 4.78 is 85.1. The van der Waals surface area contributed by atoms with Crippen LogP contribution in [0.3, 0.4) is 0 Å². The van der Waals surface area contributed by atoms with Crippen molar-refractivity contribution < 1.29 is 31.1 Å². The Hall–Kier alpha value is -3.94. The van der Waals surface area contributed by atoms with Crippen LogP contribution >= 0.6 is 0 Å². The minimum atomic E-state index is -1.45. The van der Waals surface area contributed by atoms with Crippen molar-refractivity contribution in [2.24, 2.45) is 0 Å². The van der Waals surface area contributed by atoms with Gasteiger partial charge in [0.15, 0.2) is 34.8 Å². The SMILES string of the molecule is C=CCCc1ccc(-c2ccc(-c3cc4ccc(OCCCCCC)c(F)c4c(=O)o3)c(F)c2F)c(F)c1F. The largest absolute Gasteiger partial charge is 0.490 e. The van der Waals surface area contributed by atoms with E-state index in [0.29, 0.717) is 6.42 Å². The Balaban J connectivity index is 1.68. The first kappa shape index (κ1) is 28.1. The number of ether oxygens (including phenoxy) is 1. The smallest absolute Gasteiger partial charge is 0.347 e. The van der Waals surface area contributed by atoms with E-state index in [-0.39, 0.29) is 40.9 Å². The van der Waals surface area contributed by atoms with Crippen molar-refractivity contribution in [3.8, 4) is 28.2 Å². The summed E-state index contributed by atoms with van der Waals surface area (Å²) in [6.07, 6.45) is 5.91. The van der Waals surface area contributed by atoms with E-state index < -0.39 is 51.4 Å². The number of hydrogen-bond acceptors (Lipinski definition) is 3. The fraction of sp³-hybridized carbons (Fsp3) is 0.258. The van der Waals surface area contributed by atoms with Crippen molar-refractivity contribution >= 4 is 10.8 Å². The summed E-state index contributed by atoms with van der Waals surface area (Å²) in [6, 6.07) is 8.63. The monoisotopic (exact) mass is 542 g/mol. The Morgan fingerprint density at radius 1 is 0.821 bits per heavy atom. The molecule has 204 valence electrons. The van der Waals surface area contributed by atoms with Crippen LogP contribution in [0.15, 0.2) is 64.3 Å². The van der Waals surface area contributed by atoms with Gasteiger partial charge in [-0.2, -0.15) is 0 Å². The molecule has 0 fully saturated rings. The minimum absolute atomic E-state index is 0.0869. The number of hydrogen-bond donors (Lipinski definition) is 0. The van der Waals surface area contributed by atoms with Crippen molar-refractivity contribution in [3.05, 3.63) is 100 Å². The minimum Gasteiger partial charge on any atom is -0.490 e. The molecule has 0 bridgehead atoms. The van der Waals surface area contributed by atoms with E-state index in [0.717, 1.165) is 37.8 Å². The number of halogens is 5. The van der Waals surface area contributed by atoms with Gasteiger partial charge in [0.2, 0.25) is 0 Å². The van der Waals surface area contributed by atoms with Gasteiger partial charge in [0.05, 0.1) is 12.2 Å². The lowest BCUT2D eigenvalue weighted by Crippen LogP contribution is -2.06. The van der Waals surface area contributed by atoms with Gasteiger partial charge in [-0.05, 0) is 48.4 Å². The molecule has 8 heteroatoms. The van der Waals surface area contributed by atoms with Crippen molar-refractivity contribution in [1.29, 1.82) is 0 Å². The molecule has 0 atom stereocenters. The third kappa shape index (κ3) is 5.75. The number of benzene rings is 3. The van der Waals surface area contributed by atoms with E-state index in [2.05, 4.69) is 13.5 Å². The van der Waals surface area contributed by atoms with Crippen LogP contribution in [0.1, 0.15) is 44.6 Å². The fourth-order valence-corrected chi connectivity index (χ4v) is 4.37. The van der Waals surface area contributed by atoms with Gasteiger partial charge < -0.3 is 9.15 Å². The predicted octanol–water partition coefficient (Wildman–Crippen LogP) is 8.90. The lowest BCUT2D eigenvalue weighted by Gasteiger charge is -2.12. The molecule has 3 nitrogen and oxygen atoms in total. The number of rotatable bonds is 11. The third-order valence-electron chi connectivity index (χ3n) is 6.51. The van der Waals surface area contributed by atoms with Gasteiger partial charge in [0.1, 0.15) is 11.1 Å². The Kier molecular flexibility index (Phi) is 8.84. The van der Waals surface area contributed by atoms with Gasteiger partial charge >= 0.3 is 5.63 Å². The van der Waals surface area contributed by atoms with E-state index in [1.807, 2.05) is 0 Å². The zero-order valence-corrected chi connectivity index (χ0v) is 21.4. The number of allylic oxidation sites excluding steroid dienone is 1. The molecule has 1 heterocycles. The molecule has 4 aromatic rings. The molecule has 4 rings (SSSR count). The molecule has 0 radical (unpaired) electrons. The molecule has 0 spiro atoms. The molecule has 0 saturated carbocycles. The highest BCUT2D eigenvalue weighted by Crippen LogP contribution is 2.35. The van der Waals surface area contributed by atoms with Crippen molar-refractivity contribution in [2.45, 2.75) is 45.4 Å². The van der Waals surface area contributed by atoms with Crippen LogP contribution in [-0.2, 0) is 6.42 Å². The lowest BCUT2D eigenvalue weighted by atomic mass is 9.98. The zero-order valence-electron chi connectivity index (χ0n) is 21.4. The summed E-state index contributed by atoms with van der Waals surface area (Å²) in [5, 5.41) is -0.277. The van der Waals surface area contributed by atoms with Gasteiger partial charge in [-0.15, -0.1) is 6.58 Å². The maximum atomic E-state index is 15.2. The highest BCUT2D eigenvalue weighted by atomic mass is 19.2. The van der Waals surface area contributed by atoms with E-state index in [4.69, 9.17) is 9.15 Å². The summed E-state index contributed by atoms with van der Waals surface area (Å²) in [6.45, 7) is 5.89. The standard InChI is InChI=1S/C31H27F5O3/c1-3-5-7-8-16-38-23-15-11-19-17-24(39-31(37)25(19)30(23)36)22-14-13-21(28(34)29(22)35)20-12-10-18(9-6-4-2)26(32)27(20)33/h4,10-15,17H,2-3,5-9,16H2,1H3. The second-order valence-corrected chi connectivity index (χ2v) is 9.17. The van der Waals surface area contributed by atoms with E-state index in [9.17, 15) is 13.6 Å². The van der Waals surface area contributed by atoms with E-state index >= 15 is 13.2 Å². The number of unbranched alkanes of at least 4 members (excludes halogenated alkanes) is 3. The van der Waals surface area contributed by atoms with Gasteiger partial charge in [0.25, 0.3) is 0 Å². The maximum Gasteiger partial charge on any atom is 0.347 e. The van der Waals surface area contributed by atoms with Gasteiger partial charge in [-0.3, -0.25) is 0 Å². The highest BCUT2D eigenvalue weighted by Gasteiger charge is 2.23. The highest BCUT2D eigenvalue weighted by molar-refractivity contribution is 5.86. The van der Waals surface area contributed by atoms with Crippen LogP contribution in [0, 0.1) is 29.1 Å². The van der Waals surface area contributed by atoms with E-state index in [1.165, 1.54) is 30.3 Å².